The number of pyridine rings is 1. The fraction of sp³-hybridized carbons (Fsp3) is 0.627. The van der Waals surface area contributed by atoms with E-state index < -0.39 is 53.8 Å². The summed E-state index contributed by atoms with van der Waals surface area (Å²) in [4.78, 5) is 74.7. The topological polar surface area (TPSA) is 257 Å². The number of amides is 5. The van der Waals surface area contributed by atoms with Crippen molar-refractivity contribution in [2.75, 3.05) is 98.8 Å². The molecule has 0 spiro atoms. The number of imidazole rings is 1. The first-order chi connectivity index (χ1) is 36.3. The van der Waals surface area contributed by atoms with Crippen LogP contribution >= 0.6 is 0 Å². The molecule has 5 N–H and O–H groups in total. The number of hydrogen-bond acceptors (Lipinski definition) is 15. The van der Waals surface area contributed by atoms with Crippen molar-refractivity contribution in [3.63, 3.8) is 0 Å². The number of unbranched alkanes of at least 4 members (excludes halogenated alkanes) is 1. The van der Waals surface area contributed by atoms with Gasteiger partial charge < -0.3 is 69.0 Å². The second kappa shape index (κ2) is 30.7. The molecule has 5 amide bonds. The van der Waals surface area contributed by atoms with Crippen molar-refractivity contribution in [3.8, 4) is 22.9 Å². The molecule has 2 aliphatic rings. The Kier molecular flexibility index (Phi) is 24.6. The summed E-state index contributed by atoms with van der Waals surface area (Å²) in [6.45, 7) is 10.5. The number of aliphatic hydroxyl groups excluding tert-OH is 1. The smallest absolute Gasteiger partial charge is 0.471 e. The van der Waals surface area contributed by atoms with Crippen LogP contribution in [0.4, 0.5) is 17.6 Å². The fourth-order valence-corrected chi connectivity index (χ4v) is 8.03. The fourth-order valence-electron chi connectivity index (χ4n) is 8.03. The molecule has 2 aromatic heterocycles. The number of nitrogens with one attached hydrogen (secondary N) is 2. The molecule has 422 valence electrons. The van der Waals surface area contributed by atoms with Crippen LogP contribution in [0.1, 0.15) is 75.2 Å². The number of aromatic nitrogens is 3. The lowest BCUT2D eigenvalue weighted by Crippen LogP contribution is -2.54. The summed E-state index contributed by atoms with van der Waals surface area (Å²) in [5.74, 6) is -2.45. The predicted molar refractivity (Wildman–Crippen MR) is 265 cm³/mol. The van der Waals surface area contributed by atoms with E-state index in [9.17, 15) is 42.3 Å². The number of aliphatic hydroxyl groups is 1. The minimum absolute atomic E-state index is 0.0755. The highest BCUT2D eigenvalue weighted by molar-refractivity contribution is 5.96. The first-order valence-electron chi connectivity index (χ1n) is 25.4. The van der Waals surface area contributed by atoms with E-state index in [4.69, 9.17) is 34.2 Å². The van der Waals surface area contributed by atoms with Crippen LogP contribution in [0.25, 0.3) is 11.3 Å². The summed E-state index contributed by atoms with van der Waals surface area (Å²) in [7, 11) is 0. The number of likely N-dealkylation sites (tertiary alicyclic amines) is 2. The Morgan fingerprint density at radius 1 is 0.803 bits per heavy atom. The molecule has 2 saturated heterocycles. The Balaban J connectivity index is 0.836. The third-order valence-corrected chi connectivity index (χ3v) is 12.1. The third kappa shape index (κ3) is 21.6. The van der Waals surface area contributed by atoms with E-state index in [0.29, 0.717) is 102 Å². The zero-order valence-electron chi connectivity index (χ0n) is 43.4. The Morgan fingerprint density at radius 2 is 1.41 bits per heavy atom. The summed E-state index contributed by atoms with van der Waals surface area (Å²) in [6.07, 6.45) is -1.00. The summed E-state index contributed by atoms with van der Waals surface area (Å²) in [6, 6.07) is 5.62. The quantitative estimate of drug-likeness (QED) is 0.0516. The number of hydrogen-bond donors (Lipinski definition) is 4. The number of aryl methyl sites for hydroxylation is 1. The van der Waals surface area contributed by atoms with Crippen molar-refractivity contribution in [1.29, 1.82) is 0 Å². The molecule has 76 heavy (non-hydrogen) atoms. The van der Waals surface area contributed by atoms with Gasteiger partial charge in [0.2, 0.25) is 29.5 Å². The van der Waals surface area contributed by atoms with Crippen molar-refractivity contribution in [3.05, 3.63) is 60.2 Å². The maximum atomic E-state index is 15.3. The number of benzene rings is 1. The van der Waals surface area contributed by atoms with Crippen LogP contribution in [-0.4, -0.2) is 189 Å². The van der Waals surface area contributed by atoms with Crippen LogP contribution in [0.15, 0.2) is 49.1 Å². The van der Waals surface area contributed by atoms with Crippen LogP contribution in [0.3, 0.4) is 0 Å². The van der Waals surface area contributed by atoms with E-state index in [-0.39, 0.29) is 87.7 Å². The van der Waals surface area contributed by atoms with Gasteiger partial charge in [-0.25, -0.2) is 14.4 Å². The molecule has 0 unspecified atom stereocenters. The monoisotopic (exact) mass is 1080 g/mol. The van der Waals surface area contributed by atoms with Crippen molar-refractivity contribution in [2.24, 2.45) is 11.1 Å². The number of halogens is 4. The van der Waals surface area contributed by atoms with Crippen LogP contribution < -0.4 is 25.8 Å². The van der Waals surface area contributed by atoms with E-state index >= 15 is 4.39 Å². The maximum Gasteiger partial charge on any atom is 0.573 e. The maximum absolute atomic E-state index is 15.3. The SMILES string of the molecule is CC(C)(C)[C@H](NC(=O)CCOCCOCCOCCOCCOCCC(=O)NCCCCn1cnc(-c2cnc(O[C@@H]3CCN(C(=O)Cc4ccc(OC(F)(F)F)cc4)C[C@H]3F)c(C(N)=O)c2)c1)C(=O)N1CC[C@@H](O)C1. The van der Waals surface area contributed by atoms with Gasteiger partial charge in [0.15, 0.2) is 6.17 Å². The molecule has 0 bridgehead atoms. The number of rotatable bonds is 32. The second-order valence-electron chi connectivity index (χ2n) is 19.3. The van der Waals surface area contributed by atoms with Gasteiger partial charge >= 0.3 is 6.36 Å². The van der Waals surface area contributed by atoms with Crippen molar-refractivity contribution in [1.82, 2.24) is 35.0 Å². The molecule has 2 aliphatic heterocycles. The average Bonchev–Trinajstić information content (AvgIpc) is 4.04. The normalized spacial score (nSPS) is 17.3. The molecule has 2 fully saturated rings. The Labute approximate surface area is 439 Å². The number of ether oxygens (including phenoxy) is 7. The lowest BCUT2D eigenvalue weighted by Gasteiger charge is -2.34. The Hall–Kier alpha value is -5.99. The average molecular weight is 1080 g/mol. The minimum atomic E-state index is -4.84. The summed E-state index contributed by atoms with van der Waals surface area (Å²) in [5, 5.41) is 15.5. The van der Waals surface area contributed by atoms with Crippen LogP contribution in [-0.2, 0) is 55.8 Å². The van der Waals surface area contributed by atoms with Crippen LogP contribution in [0, 0.1) is 5.41 Å². The van der Waals surface area contributed by atoms with Gasteiger partial charge in [0.25, 0.3) is 5.91 Å². The molecule has 4 heterocycles. The van der Waals surface area contributed by atoms with Gasteiger partial charge in [-0.05, 0) is 48.4 Å². The molecule has 0 radical (unpaired) electrons. The summed E-state index contributed by atoms with van der Waals surface area (Å²) in [5.41, 5.74) is 6.50. The lowest BCUT2D eigenvalue weighted by molar-refractivity contribution is -0.274. The molecular weight excluding hydrogens is 1010 g/mol. The van der Waals surface area contributed by atoms with E-state index in [1.54, 1.807) is 17.4 Å². The second-order valence-corrected chi connectivity index (χ2v) is 19.3. The Morgan fingerprint density at radius 3 is 1.97 bits per heavy atom. The standard InChI is InChI=1S/C51H72F4N8O13/c1-50(2,3)46(49(69)63-16-10-37(64)31-63)60-44(66)13-19-71-21-23-73-25-27-74-26-24-72-22-20-70-18-12-43(65)57-14-4-5-15-61-33-41(59-34-61)36-29-39(47(56)68)48(58-30-36)75-42-11-17-62(32-40(42)52)45(67)28-35-6-8-38(9-7-35)76-51(53,54)55/h6-9,29-30,33-34,37,40,42,46,64H,4-5,10-28,31-32H2,1-3H3,(H2,56,68)(H,57,65)(H,60,66)/t37-,40-,42-,46-/m1/s1. The van der Waals surface area contributed by atoms with Gasteiger partial charge in [-0.2, -0.15) is 0 Å². The Bertz CT molecular complexity index is 2300. The highest BCUT2D eigenvalue weighted by Gasteiger charge is 2.38. The van der Waals surface area contributed by atoms with Gasteiger partial charge in [0.05, 0.1) is 97.2 Å². The zero-order chi connectivity index (χ0) is 55.1. The number of β-amino-alcohol motifs (C(OH)–C–C–N with tert-alkyl or cyclic N) is 1. The lowest BCUT2D eigenvalue weighted by atomic mass is 9.85. The van der Waals surface area contributed by atoms with Crippen molar-refractivity contribution >= 4 is 29.5 Å². The molecule has 0 aliphatic carbocycles. The van der Waals surface area contributed by atoms with Crippen molar-refractivity contribution < 1.29 is 79.8 Å². The molecular formula is C51H72F4N8O13. The number of nitrogens with two attached hydrogens (primary N) is 1. The molecule has 25 heteroatoms. The number of primary amides is 1. The van der Waals surface area contributed by atoms with Crippen molar-refractivity contribution in [2.45, 2.75) is 103 Å². The third-order valence-electron chi connectivity index (χ3n) is 12.1. The highest BCUT2D eigenvalue weighted by Crippen LogP contribution is 2.28. The van der Waals surface area contributed by atoms with E-state index in [1.807, 2.05) is 25.3 Å². The first kappa shape index (κ1) is 60.9. The zero-order valence-corrected chi connectivity index (χ0v) is 43.4. The largest absolute Gasteiger partial charge is 0.573 e. The van der Waals surface area contributed by atoms with E-state index in [2.05, 4.69) is 25.3 Å². The summed E-state index contributed by atoms with van der Waals surface area (Å²) < 4.78 is 91.8. The number of alkyl halides is 4. The molecule has 4 atom stereocenters. The van der Waals surface area contributed by atoms with Gasteiger partial charge in [0, 0.05) is 69.9 Å². The number of piperidine rings is 1. The van der Waals surface area contributed by atoms with E-state index in [1.165, 1.54) is 29.3 Å². The number of carbonyl (C=O) groups excluding carboxylic acids is 5. The van der Waals surface area contributed by atoms with E-state index in [0.717, 1.165) is 18.6 Å². The molecule has 5 rings (SSSR count). The number of nitrogens with zero attached hydrogens (tertiary/aromatic N) is 5. The first-order valence-corrected chi connectivity index (χ1v) is 25.4. The molecule has 0 saturated carbocycles. The summed E-state index contributed by atoms with van der Waals surface area (Å²) >= 11 is 0. The van der Waals surface area contributed by atoms with Gasteiger partial charge in [0.1, 0.15) is 23.5 Å². The number of carbonyl (C=O) groups is 5. The molecule has 3 aromatic rings. The van der Waals surface area contributed by atoms with Crippen LogP contribution in [0.5, 0.6) is 11.6 Å². The minimum Gasteiger partial charge on any atom is -0.471 e. The van der Waals surface area contributed by atoms with Gasteiger partial charge in [-0.1, -0.05) is 32.9 Å². The predicted octanol–water partition coefficient (Wildman–Crippen LogP) is 3.39. The molecule has 21 nitrogen and oxygen atoms in total. The van der Waals surface area contributed by atoms with Crippen LogP contribution in [0.2, 0.25) is 0 Å². The van der Waals surface area contributed by atoms with Gasteiger partial charge in [-0.3, -0.25) is 24.0 Å². The molecule has 1 aromatic carbocycles. The van der Waals surface area contributed by atoms with Gasteiger partial charge in [-0.15, -0.1) is 13.2 Å². The highest BCUT2D eigenvalue weighted by atomic mass is 19.4.